The highest BCUT2D eigenvalue weighted by Gasteiger charge is 2.06. The molecule has 0 aliphatic rings. The number of aryl methyl sites for hydroxylation is 1. The largest absolute Gasteiger partial charge is 0.489 e. The maximum absolute atomic E-state index is 7.38. The van der Waals surface area contributed by atoms with Crippen molar-refractivity contribution in [1.82, 2.24) is 0 Å². The number of benzene rings is 2. The van der Waals surface area contributed by atoms with Crippen LogP contribution in [-0.4, -0.2) is 5.84 Å². The van der Waals surface area contributed by atoms with Gasteiger partial charge in [-0.05, 0) is 24.1 Å². The van der Waals surface area contributed by atoms with Gasteiger partial charge in [0.2, 0.25) is 0 Å². The van der Waals surface area contributed by atoms with Crippen LogP contribution < -0.4 is 10.5 Å². The van der Waals surface area contributed by atoms with E-state index in [-0.39, 0.29) is 5.84 Å². The monoisotopic (exact) mass is 288 g/mol. The van der Waals surface area contributed by atoms with Crippen LogP contribution in [0.5, 0.6) is 5.75 Å². The molecule has 2 rings (SSSR count). The average molecular weight is 289 g/mol. The van der Waals surface area contributed by atoms with Crippen molar-refractivity contribution in [2.45, 2.75) is 20.0 Å². The van der Waals surface area contributed by atoms with Crippen LogP contribution in [0, 0.1) is 5.41 Å². The number of para-hydroxylation sites is 1. The molecule has 0 fully saturated rings. The second-order valence-electron chi connectivity index (χ2n) is 4.47. The summed E-state index contributed by atoms with van der Waals surface area (Å²) < 4.78 is 5.83. The third-order valence-electron chi connectivity index (χ3n) is 3.10. The second kappa shape index (κ2) is 6.44. The van der Waals surface area contributed by atoms with Gasteiger partial charge in [0, 0.05) is 16.1 Å². The van der Waals surface area contributed by atoms with Gasteiger partial charge in [-0.2, -0.15) is 0 Å². The topological polar surface area (TPSA) is 59.1 Å². The first-order valence-corrected chi connectivity index (χ1v) is 6.83. The van der Waals surface area contributed by atoms with Gasteiger partial charge in [-0.3, -0.25) is 5.41 Å². The number of rotatable bonds is 5. The predicted octanol–water partition coefficient (Wildman–Crippen LogP) is 3.77. The average Bonchev–Trinajstić information content (AvgIpc) is 2.46. The van der Waals surface area contributed by atoms with Crippen molar-refractivity contribution in [2.75, 3.05) is 0 Å². The van der Waals surface area contributed by atoms with Gasteiger partial charge < -0.3 is 10.5 Å². The van der Waals surface area contributed by atoms with E-state index in [1.54, 1.807) is 12.1 Å². The van der Waals surface area contributed by atoms with Crippen molar-refractivity contribution in [2.24, 2.45) is 5.73 Å². The summed E-state index contributed by atoms with van der Waals surface area (Å²) in [6, 6.07) is 13.3. The summed E-state index contributed by atoms with van der Waals surface area (Å²) in [6.07, 6.45) is 0.924. The van der Waals surface area contributed by atoms with E-state index in [4.69, 9.17) is 27.5 Å². The van der Waals surface area contributed by atoms with E-state index in [2.05, 4.69) is 13.0 Å². The first-order valence-electron chi connectivity index (χ1n) is 6.45. The van der Waals surface area contributed by atoms with E-state index in [1.165, 1.54) is 5.56 Å². The summed E-state index contributed by atoms with van der Waals surface area (Å²) in [7, 11) is 0. The van der Waals surface area contributed by atoms with Crippen molar-refractivity contribution >= 4 is 17.4 Å². The van der Waals surface area contributed by atoms with Crippen LogP contribution >= 0.6 is 11.6 Å². The van der Waals surface area contributed by atoms with Gasteiger partial charge in [-0.1, -0.05) is 48.9 Å². The first kappa shape index (κ1) is 14.4. The smallest absolute Gasteiger partial charge is 0.122 e. The molecule has 20 heavy (non-hydrogen) atoms. The third kappa shape index (κ3) is 3.31. The highest BCUT2D eigenvalue weighted by atomic mass is 35.5. The lowest BCUT2D eigenvalue weighted by Crippen LogP contribution is -2.11. The maximum Gasteiger partial charge on any atom is 0.122 e. The Hall–Kier alpha value is -2.00. The number of nitrogens with one attached hydrogen (secondary N) is 1. The molecule has 0 saturated heterocycles. The molecule has 0 radical (unpaired) electrons. The molecular formula is C16H17ClN2O. The lowest BCUT2D eigenvalue weighted by Gasteiger charge is -2.11. The van der Waals surface area contributed by atoms with Crippen molar-refractivity contribution in [3.05, 3.63) is 64.2 Å². The lowest BCUT2D eigenvalue weighted by atomic mass is 10.1. The fourth-order valence-corrected chi connectivity index (χ4v) is 2.16. The molecule has 3 nitrogen and oxygen atoms in total. The van der Waals surface area contributed by atoms with E-state index < -0.39 is 0 Å². The van der Waals surface area contributed by atoms with Crippen LogP contribution in [0.2, 0.25) is 5.02 Å². The standard InChI is InChI=1S/C16H17ClN2O/c1-2-11-5-3-4-6-15(11)20-10-13-8-7-12(16(18)19)9-14(13)17/h3-9H,2,10H2,1H3,(H3,18,19). The zero-order valence-electron chi connectivity index (χ0n) is 11.3. The minimum absolute atomic E-state index is 0.00990. The van der Waals surface area contributed by atoms with Crippen molar-refractivity contribution in [3.63, 3.8) is 0 Å². The first-order chi connectivity index (χ1) is 9.61. The second-order valence-corrected chi connectivity index (χ2v) is 4.88. The predicted molar refractivity (Wildman–Crippen MR) is 82.6 cm³/mol. The normalized spacial score (nSPS) is 10.3. The van der Waals surface area contributed by atoms with Crippen LogP contribution in [0.4, 0.5) is 0 Å². The van der Waals surface area contributed by atoms with Gasteiger partial charge in [0.15, 0.2) is 0 Å². The van der Waals surface area contributed by atoms with E-state index in [9.17, 15) is 0 Å². The maximum atomic E-state index is 7.38. The number of hydrogen-bond acceptors (Lipinski definition) is 2. The molecule has 0 heterocycles. The molecule has 0 unspecified atom stereocenters. The van der Waals surface area contributed by atoms with E-state index in [0.717, 1.165) is 17.7 Å². The number of ether oxygens (including phenoxy) is 1. The summed E-state index contributed by atoms with van der Waals surface area (Å²) in [5.41, 5.74) is 8.09. The molecule has 0 spiro atoms. The summed E-state index contributed by atoms with van der Waals surface area (Å²) in [4.78, 5) is 0. The lowest BCUT2D eigenvalue weighted by molar-refractivity contribution is 0.303. The number of hydrogen-bond donors (Lipinski definition) is 2. The zero-order chi connectivity index (χ0) is 14.5. The Labute approximate surface area is 123 Å². The fourth-order valence-electron chi connectivity index (χ4n) is 1.92. The Balaban J connectivity index is 2.13. The van der Waals surface area contributed by atoms with Gasteiger partial charge in [-0.15, -0.1) is 0 Å². The van der Waals surface area contributed by atoms with Crippen molar-refractivity contribution < 1.29 is 4.74 Å². The molecule has 0 aromatic heterocycles. The van der Waals surface area contributed by atoms with Gasteiger partial charge in [0.25, 0.3) is 0 Å². The molecule has 0 saturated carbocycles. The number of halogens is 1. The van der Waals surface area contributed by atoms with Gasteiger partial charge in [0.05, 0.1) is 0 Å². The molecule has 0 atom stereocenters. The summed E-state index contributed by atoms with van der Waals surface area (Å²) in [5.74, 6) is 0.886. The molecule has 2 aromatic rings. The zero-order valence-corrected chi connectivity index (χ0v) is 12.1. The Kier molecular flexibility index (Phi) is 4.64. The van der Waals surface area contributed by atoms with Crippen LogP contribution in [-0.2, 0) is 13.0 Å². The minimum atomic E-state index is 0.00990. The Bertz CT molecular complexity index is 626. The molecule has 0 amide bonds. The van der Waals surface area contributed by atoms with E-state index >= 15 is 0 Å². The number of nitrogen functional groups attached to an aromatic ring is 1. The summed E-state index contributed by atoms with van der Waals surface area (Å²) >= 11 is 6.18. The fraction of sp³-hybridized carbons (Fsp3) is 0.188. The van der Waals surface area contributed by atoms with Gasteiger partial charge in [0.1, 0.15) is 18.2 Å². The third-order valence-corrected chi connectivity index (χ3v) is 3.45. The number of amidine groups is 1. The highest BCUT2D eigenvalue weighted by molar-refractivity contribution is 6.31. The molecular weight excluding hydrogens is 272 g/mol. The van der Waals surface area contributed by atoms with Gasteiger partial charge >= 0.3 is 0 Å². The Morgan fingerprint density at radius 2 is 1.95 bits per heavy atom. The quantitative estimate of drug-likeness (QED) is 0.650. The van der Waals surface area contributed by atoms with Crippen molar-refractivity contribution in [1.29, 1.82) is 5.41 Å². The Morgan fingerprint density at radius 1 is 1.20 bits per heavy atom. The molecule has 104 valence electrons. The van der Waals surface area contributed by atoms with Crippen LogP contribution in [0.25, 0.3) is 0 Å². The van der Waals surface area contributed by atoms with E-state index in [1.807, 2.05) is 24.3 Å². The van der Waals surface area contributed by atoms with Crippen LogP contribution in [0.15, 0.2) is 42.5 Å². The van der Waals surface area contributed by atoms with E-state index in [0.29, 0.717) is 17.2 Å². The van der Waals surface area contributed by atoms with Gasteiger partial charge in [-0.25, -0.2) is 0 Å². The Morgan fingerprint density at radius 3 is 2.60 bits per heavy atom. The minimum Gasteiger partial charge on any atom is -0.489 e. The molecule has 0 bridgehead atoms. The molecule has 0 aliphatic heterocycles. The molecule has 3 N–H and O–H groups in total. The summed E-state index contributed by atoms with van der Waals surface area (Å²) in [6.45, 7) is 2.49. The van der Waals surface area contributed by atoms with Crippen LogP contribution in [0.1, 0.15) is 23.6 Å². The molecule has 4 heteroatoms. The molecule has 0 aliphatic carbocycles. The number of nitrogens with two attached hydrogens (primary N) is 1. The highest BCUT2D eigenvalue weighted by Crippen LogP contribution is 2.23. The van der Waals surface area contributed by atoms with Crippen molar-refractivity contribution in [3.8, 4) is 5.75 Å². The SMILES string of the molecule is CCc1ccccc1OCc1ccc(C(=N)N)cc1Cl. The molecule has 2 aromatic carbocycles. The van der Waals surface area contributed by atoms with Crippen LogP contribution in [0.3, 0.4) is 0 Å². The summed E-state index contributed by atoms with van der Waals surface area (Å²) in [5, 5.41) is 7.94.